The summed E-state index contributed by atoms with van der Waals surface area (Å²) >= 11 is 3.08. The zero-order chi connectivity index (χ0) is 15.6. The monoisotopic (exact) mass is 361 g/mol. The van der Waals surface area contributed by atoms with Crippen molar-refractivity contribution in [2.45, 2.75) is 12.7 Å². The van der Waals surface area contributed by atoms with Crippen molar-refractivity contribution in [2.75, 3.05) is 0 Å². The molecule has 2 rings (SSSR count). The fraction of sp³-hybridized carbons (Fsp3) is 0.231. The van der Waals surface area contributed by atoms with Crippen LogP contribution in [0.2, 0.25) is 0 Å². The number of nitrogens with one attached hydrogen (secondary N) is 1. The second-order valence-corrected chi connectivity index (χ2v) is 5.21. The SMILES string of the molecule is Cn1ccc(CNC(=O)c2cc(C(F)(F)F)ccc2Br)n1. The van der Waals surface area contributed by atoms with Gasteiger partial charge in [-0.05, 0) is 40.2 Å². The molecule has 112 valence electrons. The van der Waals surface area contributed by atoms with Crippen LogP contribution in [0, 0.1) is 0 Å². The Kier molecular flexibility index (Phi) is 4.36. The van der Waals surface area contributed by atoms with Crippen LogP contribution in [0.3, 0.4) is 0 Å². The fourth-order valence-electron chi connectivity index (χ4n) is 1.70. The van der Waals surface area contributed by atoms with Crippen molar-refractivity contribution < 1.29 is 18.0 Å². The van der Waals surface area contributed by atoms with Crippen LogP contribution in [0.5, 0.6) is 0 Å². The van der Waals surface area contributed by atoms with E-state index < -0.39 is 17.6 Å². The minimum Gasteiger partial charge on any atom is -0.346 e. The summed E-state index contributed by atoms with van der Waals surface area (Å²) in [7, 11) is 1.73. The molecule has 0 atom stereocenters. The first kappa shape index (κ1) is 15.6. The van der Waals surface area contributed by atoms with Crippen molar-refractivity contribution in [3.63, 3.8) is 0 Å². The van der Waals surface area contributed by atoms with Crippen LogP contribution in [0.25, 0.3) is 0 Å². The minimum atomic E-state index is -4.49. The highest BCUT2D eigenvalue weighted by Crippen LogP contribution is 2.31. The van der Waals surface area contributed by atoms with Gasteiger partial charge in [0.05, 0.1) is 23.4 Å². The Balaban J connectivity index is 2.15. The van der Waals surface area contributed by atoms with E-state index in [1.807, 2.05) is 0 Å². The predicted molar refractivity (Wildman–Crippen MR) is 73.5 cm³/mol. The molecule has 0 aliphatic heterocycles. The smallest absolute Gasteiger partial charge is 0.346 e. The largest absolute Gasteiger partial charge is 0.416 e. The molecule has 0 aliphatic carbocycles. The first-order valence-electron chi connectivity index (χ1n) is 5.91. The molecule has 8 heteroatoms. The molecule has 0 saturated carbocycles. The van der Waals surface area contributed by atoms with E-state index in [2.05, 4.69) is 26.3 Å². The van der Waals surface area contributed by atoms with Crippen molar-refractivity contribution in [1.29, 1.82) is 0 Å². The maximum Gasteiger partial charge on any atom is 0.416 e. The van der Waals surface area contributed by atoms with Crippen molar-refractivity contribution in [2.24, 2.45) is 7.05 Å². The van der Waals surface area contributed by atoms with Crippen molar-refractivity contribution in [1.82, 2.24) is 15.1 Å². The predicted octanol–water partition coefficient (Wildman–Crippen LogP) is 3.13. The topological polar surface area (TPSA) is 46.9 Å². The van der Waals surface area contributed by atoms with Gasteiger partial charge in [0.15, 0.2) is 0 Å². The van der Waals surface area contributed by atoms with Crippen molar-refractivity contribution in [3.8, 4) is 0 Å². The normalized spacial score (nSPS) is 11.5. The van der Waals surface area contributed by atoms with Gasteiger partial charge in [-0.3, -0.25) is 9.48 Å². The number of benzene rings is 1. The van der Waals surface area contributed by atoms with Gasteiger partial charge in [0, 0.05) is 17.7 Å². The van der Waals surface area contributed by atoms with Gasteiger partial charge < -0.3 is 5.32 Å². The van der Waals surface area contributed by atoms with Gasteiger partial charge in [0.25, 0.3) is 5.91 Å². The third-order valence-electron chi connectivity index (χ3n) is 2.74. The highest BCUT2D eigenvalue weighted by atomic mass is 79.9. The van der Waals surface area contributed by atoms with Gasteiger partial charge in [0.1, 0.15) is 0 Å². The van der Waals surface area contributed by atoms with Crippen LogP contribution in [-0.2, 0) is 19.8 Å². The highest BCUT2D eigenvalue weighted by Gasteiger charge is 2.31. The lowest BCUT2D eigenvalue weighted by Gasteiger charge is -2.10. The average molecular weight is 362 g/mol. The summed E-state index contributed by atoms with van der Waals surface area (Å²) in [5, 5.41) is 6.60. The van der Waals surface area contributed by atoms with Crippen molar-refractivity contribution in [3.05, 3.63) is 51.8 Å². The van der Waals surface area contributed by atoms with Gasteiger partial charge in [-0.2, -0.15) is 18.3 Å². The molecule has 0 aliphatic rings. The lowest BCUT2D eigenvalue weighted by molar-refractivity contribution is -0.137. The fourth-order valence-corrected chi connectivity index (χ4v) is 2.13. The number of hydrogen-bond acceptors (Lipinski definition) is 2. The van der Waals surface area contributed by atoms with Crippen molar-refractivity contribution >= 4 is 21.8 Å². The Morgan fingerprint density at radius 3 is 2.67 bits per heavy atom. The molecule has 1 amide bonds. The number of rotatable bonds is 3. The standard InChI is InChI=1S/C13H11BrF3N3O/c1-20-5-4-9(19-20)7-18-12(21)10-6-8(13(15,16)17)2-3-11(10)14/h2-6H,7H2,1H3,(H,18,21). The summed E-state index contributed by atoms with van der Waals surface area (Å²) in [6.45, 7) is 0.141. The molecule has 1 heterocycles. The van der Waals surface area contributed by atoms with E-state index >= 15 is 0 Å². The van der Waals surface area contributed by atoms with Crippen LogP contribution in [0.1, 0.15) is 21.6 Å². The van der Waals surface area contributed by atoms with E-state index in [0.29, 0.717) is 10.2 Å². The Hall–Kier alpha value is -1.83. The molecule has 0 spiro atoms. The van der Waals surface area contributed by atoms with Crippen LogP contribution in [-0.4, -0.2) is 15.7 Å². The maximum absolute atomic E-state index is 12.7. The zero-order valence-corrected chi connectivity index (χ0v) is 12.5. The number of aromatic nitrogens is 2. The molecule has 0 fully saturated rings. The molecule has 4 nitrogen and oxygen atoms in total. The molecule has 0 bridgehead atoms. The summed E-state index contributed by atoms with van der Waals surface area (Å²) < 4.78 is 39.8. The number of carbonyl (C=O) groups is 1. The minimum absolute atomic E-state index is 0.0687. The van der Waals surface area contributed by atoms with E-state index in [0.717, 1.165) is 12.1 Å². The first-order valence-corrected chi connectivity index (χ1v) is 6.70. The van der Waals surface area contributed by atoms with Gasteiger partial charge in [0.2, 0.25) is 0 Å². The first-order chi connectivity index (χ1) is 9.77. The number of aryl methyl sites for hydroxylation is 1. The molecular formula is C13H11BrF3N3O. The lowest BCUT2D eigenvalue weighted by Crippen LogP contribution is -2.24. The van der Waals surface area contributed by atoms with E-state index in [-0.39, 0.29) is 12.1 Å². The number of halogens is 4. The maximum atomic E-state index is 12.7. The molecule has 1 N–H and O–H groups in total. The van der Waals surface area contributed by atoms with Crippen LogP contribution in [0.15, 0.2) is 34.9 Å². The van der Waals surface area contributed by atoms with E-state index in [4.69, 9.17) is 0 Å². The van der Waals surface area contributed by atoms with Gasteiger partial charge in [-0.15, -0.1) is 0 Å². The molecule has 21 heavy (non-hydrogen) atoms. The summed E-state index contributed by atoms with van der Waals surface area (Å²) in [6.07, 6.45) is -2.78. The molecule has 0 radical (unpaired) electrons. The Morgan fingerprint density at radius 2 is 2.10 bits per heavy atom. The average Bonchev–Trinajstić information content (AvgIpc) is 2.81. The highest BCUT2D eigenvalue weighted by molar-refractivity contribution is 9.10. The molecule has 1 aromatic heterocycles. The number of hydrogen-bond donors (Lipinski definition) is 1. The Morgan fingerprint density at radius 1 is 1.38 bits per heavy atom. The Bertz CT molecular complexity index is 667. The molecule has 2 aromatic rings. The van der Waals surface area contributed by atoms with Crippen LogP contribution in [0.4, 0.5) is 13.2 Å². The number of nitrogens with zero attached hydrogens (tertiary/aromatic N) is 2. The van der Waals surface area contributed by atoms with E-state index in [1.165, 1.54) is 6.07 Å². The number of amides is 1. The summed E-state index contributed by atoms with van der Waals surface area (Å²) in [4.78, 5) is 12.0. The zero-order valence-electron chi connectivity index (χ0n) is 10.9. The van der Waals surface area contributed by atoms with Gasteiger partial charge >= 0.3 is 6.18 Å². The quantitative estimate of drug-likeness (QED) is 0.912. The Labute approximate surface area is 127 Å². The van der Waals surface area contributed by atoms with Crippen LogP contribution >= 0.6 is 15.9 Å². The van der Waals surface area contributed by atoms with Gasteiger partial charge in [-0.25, -0.2) is 0 Å². The third kappa shape index (κ3) is 3.84. The molecular weight excluding hydrogens is 351 g/mol. The molecule has 0 unspecified atom stereocenters. The van der Waals surface area contributed by atoms with E-state index in [9.17, 15) is 18.0 Å². The van der Waals surface area contributed by atoms with Gasteiger partial charge in [-0.1, -0.05) is 0 Å². The van der Waals surface area contributed by atoms with Crippen LogP contribution < -0.4 is 5.32 Å². The third-order valence-corrected chi connectivity index (χ3v) is 3.43. The second kappa shape index (κ2) is 5.88. The van der Waals surface area contributed by atoms with E-state index in [1.54, 1.807) is 24.0 Å². The lowest BCUT2D eigenvalue weighted by atomic mass is 10.1. The number of alkyl halides is 3. The number of carbonyl (C=O) groups excluding carboxylic acids is 1. The second-order valence-electron chi connectivity index (χ2n) is 4.36. The molecule has 0 saturated heterocycles. The summed E-state index contributed by atoms with van der Waals surface area (Å²) in [5.41, 5.74) is -0.316. The summed E-state index contributed by atoms with van der Waals surface area (Å²) in [6, 6.07) is 4.65. The molecule has 1 aromatic carbocycles. The summed E-state index contributed by atoms with van der Waals surface area (Å²) in [5.74, 6) is -0.598.